The van der Waals surface area contributed by atoms with Gasteiger partial charge in [0.05, 0.1) is 26.2 Å². The number of hydrogen-bond donors (Lipinski definition) is 0. The van der Waals surface area contributed by atoms with Crippen molar-refractivity contribution < 1.29 is 13.9 Å². The van der Waals surface area contributed by atoms with Gasteiger partial charge < -0.3 is 9.47 Å². The Morgan fingerprint density at radius 2 is 1.95 bits per heavy atom. The molecule has 1 unspecified atom stereocenters. The highest BCUT2D eigenvalue weighted by Crippen LogP contribution is 2.28. The quantitative estimate of drug-likeness (QED) is 0.841. The summed E-state index contributed by atoms with van der Waals surface area (Å²) in [6, 6.07) is 13.9. The highest BCUT2D eigenvalue weighted by atomic mass is 19.1. The molecule has 2 aromatic carbocycles. The van der Waals surface area contributed by atoms with Crippen LogP contribution in [0.4, 0.5) is 4.39 Å². The van der Waals surface area contributed by atoms with E-state index < -0.39 is 5.92 Å². The van der Waals surface area contributed by atoms with Gasteiger partial charge in [-0.2, -0.15) is 5.26 Å². The van der Waals surface area contributed by atoms with Crippen LogP contribution in [0, 0.1) is 17.1 Å². The molecule has 108 valence electrons. The highest BCUT2D eigenvalue weighted by molar-refractivity contribution is 5.39. The van der Waals surface area contributed by atoms with Crippen LogP contribution in [0.2, 0.25) is 0 Å². The number of rotatable bonds is 5. The van der Waals surface area contributed by atoms with Crippen molar-refractivity contribution in [1.82, 2.24) is 0 Å². The first kappa shape index (κ1) is 14.9. The van der Waals surface area contributed by atoms with Crippen molar-refractivity contribution in [2.75, 3.05) is 14.2 Å². The van der Waals surface area contributed by atoms with Crippen LogP contribution >= 0.6 is 0 Å². The molecule has 3 nitrogen and oxygen atoms in total. The molecule has 0 N–H and O–H groups in total. The van der Waals surface area contributed by atoms with Gasteiger partial charge in [0.1, 0.15) is 17.3 Å². The van der Waals surface area contributed by atoms with E-state index in [0.29, 0.717) is 23.5 Å². The van der Waals surface area contributed by atoms with E-state index in [1.807, 2.05) is 24.3 Å². The van der Waals surface area contributed by atoms with Crippen molar-refractivity contribution in [3.05, 3.63) is 59.4 Å². The fraction of sp³-hybridized carbons (Fsp3) is 0.235. The predicted octanol–water partition coefficient (Wildman–Crippen LogP) is 3.69. The van der Waals surface area contributed by atoms with Crippen LogP contribution in [-0.4, -0.2) is 14.2 Å². The monoisotopic (exact) mass is 285 g/mol. The molecular formula is C17H16FNO2. The lowest BCUT2D eigenvalue weighted by atomic mass is 9.92. The summed E-state index contributed by atoms with van der Waals surface area (Å²) in [5, 5.41) is 9.41. The van der Waals surface area contributed by atoms with Gasteiger partial charge in [0.25, 0.3) is 0 Å². The van der Waals surface area contributed by atoms with Gasteiger partial charge in [0.15, 0.2) is 0 Å². The number of hydrogen-bond acceptors (Lipinski definition) is 3. The van der Waals surface area contributed by atoms with Crippen molar-refractivity contribution in [3.8, 4) is 17.6 Å². The highest BCUT2D eigenvalue weighted by Gasteiger charge is 2.15. The summed E-state index contributed by atoms with van der Waals surface area (Å²) in [5.74, 6) is 0.544. The second-order valence-electron chi connectivity index (χ2n) is 4.62. The first-order valence-electron chi connectivity index (χ1n) is 6.54. The first-order valence-corrected chi connectivity index (χ1v) is 6.54. The molecule has 0 spiro atoms. The van der Waals surface area contributed by atoms with Crippen LogP contribution < -0.4 is 9.47 Å². The van der Waals surface area contributed by atoms with Gasteiger partial charge in [0, 0.05) is 0 Å². The summed E-state index contributed by atoms with van der Waals surface area (Å²) in [5.41, 5.74) is 1.51. The molecule has 21 heavy (non-hydrogen) atoms. The van der Waals surface area contributed by atoms with Crippen LogP contribution in [0.1, 0.15) is 17.0 Å². The zero-order chi connectivity index (χ0) is 15.2. The molecule has 2 rings (SSSR count). The minimum absolute atomic E-state index is 0.340. The fourth-order valence-electron chi connectivity index (χ4n) is 2.22. The maximum Gasteiger partial charge on any atom is 0.123 e. The Labute approximate surface area is 123 Å². The van der Waals surface area contributed by atoms with Crippen LogP contribution in [0.5, 0.6) is 11.5 Å². The van der Waals surface area contributed by atoms with Crippen molar-refractivity contribution in [3.63, 3.8) is 0 Å². The topological polar surface area (TPSA) is 42.2 Å². The number of methoxy groups -OCH3 is 2. The number of ether oxygens (including phenoxy) is 2. The predicted molar refractivity (Wildman–Crippen MR) is 78.0 cm³/mol. The van der Waals surface area contributed by atoms with Gasteiger partial charge in [0.2, 0.25) is 0 Å². The average molecular weight is 285 g/mol. The molecule has 0 saturated carbocycles. The lowest BCUT2D eigenvalue weighted by Crippen LogP contribution is -2.03. The zero-order valence-corrected chi connectivity index (χ0v) is 12.0. The Kier molecular flexibility index (Phi) is 4.78. The Morgan fingerprint density at radius 1 is 1.14 bits per heavy atom. The van der Waals surface area contributed by atoms with Crippen molar-refractivity contribution in [1.29, 1.82) is 5.26 Å². The third-order valence-corrected chi connectivity index (χ3v) is 3.32. The standard InChI is InChI=1S/C17H16FNO2/c1-20-16-5-3-4-12(10-16)14(11-19)8-13-9-15(18)6-7-17(13)21-2/h3-7,9-10,14H,8H2,1-2H3. The van der Waals surface area contributed by atoms with Crippen molar-refractivity contribution in [2.45, 2.75) is 12.3 Å². The number of halogens is 1. The van der Waals surface area contributed by atoms with E-state index in [0.717, 1.165) is 5.56 Å². The number of nitriles is 1. The Bertz CT molecular complexity index is 664. The van der Waals surface area contributed by atoms with Crippen molar-refractivity contribution >= 4 is 0 Å². The molecule has 0 bridgehead atoms. The second-order valence-corrected chi connectivity index (χ2v) is 4.62. The molecule has 4 heteroatoms. The van der Waals surface area contributed by atoms with E-state index in [2.05, 4.69) is 6.07 Å². The summed E-state index contributed by atoms with van der Waals surface area (Å²) in [6.07, 6.45) is 0.380. The minimum atomic E-state index is -0.393. The molecule has 0 saturated heterocycles. The smallest absolute Gasteiger partial charge is 0.123 e. The van der Waals surface area contributed by atoms with E-state index in [9.17, 15) is 9.65 Å². The van der Waals surface area contributed by atoms with Crippen LogP contribution in [0.3, 0.4) is 0 Å². The summed E-state index contributed by atoms with van der Waals surface area (Å²) >= 11 is 0. The average Bonchev–Trinajstić information content (AvgIpc) is 2.52. The number of nitrogens with zero attached hydrogens (tertiary/aromatic N) is 1. The first-order chi connectivity index (χ1) is 10.2. The van der Waals surface area contributed by atoms with Crippen LogP contribution in [0.25, 0.3) is 0 Å². The molecule has 0 amide bonds. The van der Waals surface area contributed by atoms with E-state index in [1.165, 1.54) is 19.2 Å². The van der Waals surface area contributed by atoms with Gasteiger partial charge in [-0.25, -0.2) is 4.39 Å². The number of benzene rings is 2. The Hall–Kier alpha value is -2.54. The third-order valence-electron chi connectivity index (χ3n) is 3.32. The molecule has 0 fully saturated rings. The molecule has 0 heterocycles. The maximum absolute atomic E-state index is 13.4. The lowest BCUT2D eigenvalue weighted by Gasteiger charge is -2.13. The Balaban J connectivity index is 2.31. The minimum Gasteiger partial charge on any atom is -0.497 e. The zero-order valence-electron chi connectivity index (χ0n) is 12.0. The third kappa shape index (κ3) is 3.51. The fourth-order valence-corrected chi connectivity index (χ4v) is 2.22. The molecule has 0 aliphatic heterocycles. The van der Waals surface area contributed by atoms with Crippen molar-refractivity contribution in [2.24, 2.45) is 0 Å². The summed E-state index contributed by atoms with van der Waals surface area (Å²) < 4.78 is 23.8. The summed E-state index contributed by atoms with van der Waals surface area (Å²) in [4.78, 5) is 0. The molecule has 0 aliphatic carbocycles. The molecule has 2 aromatic rings. The van der Waals surface area contributed by atoms with Gasteiger partial charge in [-0.15, -0.1) is 0 Å². The van der Waals surface area contributed by atoms with Crippen LogP contribution in [-0.2, 0) is 6.42 Å². The molecule has 0 aromatic heterocycles. The summed E-state index contributed by atoms with van der Waals surface area (Å²) in [6.45, 7) is 0. The Morgan fingerprint density at radius 3 is 2.62 bits per heavy atom. The van der Waals surface area contributed by atoms with E-state index in [-0.39, 0.29) is 5.82 Å². The molecule has 1 atom stereocenters. The van der Waals surface area contributed by atoms with Gasteiger partial charge in [-0.1, -0.05) is 12.1 Å². The molecular weight excluding hydrogens is 269 g/mol. The van der Waals surface area contributed by atoms with Gasteiger partial charge in [-0.3, -0.25) is 0 Å². The second kappa shape index (κ2) is 6.76. The van der Waals surface area contributed by atoms with Gasteiger partial charge >= 0.3 is 0 Å². The maximum atomic E-state index is 13.4. The van der Waals surface area contributed by atoms with Gasteiger partial charge in [-0.05, 0) is 47.9 Å². The molecule has 0 radical (unpaired) electrons. The van der Waals surface area contributed by atoms with E-state index >= 15 is 0 Å². The lowest BCUT2D eigenvalue weighted by molar-refractivity contribution is 0.407. The van der Waals surface area contributed by atoms with E-state index in [1.54, 1.807) is 13.2 Å². The van der Waals surface area contributed by atoms with Crippen LogP contribution in [0.15, 0.2) is 42.5 Å². The summed E-state index contributed by atoms with van der Waals surface area (Å²) in [7, 11) is 3.11. The largest absolute Gasteiger partial charge is 0.497 e. The SMILES string of the molecule is COc1cccc(C(C#N)Cc2cc(F)ccc2OC)c1. The normalized spacial score (nSPS) is 11.5. The molecule has 0 aliphatic rings. The van der Waals surface area contributed by atoms with E-state index in [4.69, 9.17) is 9.47 Å².